The van der Waals surface area contributed by atoms with Crippen molar-refractivity contribution in [3.05, 3.63) is 54.0 Å². The Morgan fingerprint density at radius 3 is 2.90 bits per heavy atom. The van der Waals surface area contributed by atoms with E-state index in [1.165, 1.54) is 12.1 Å². The van der Waals surface area contributed by atoms with Gasteiger partial charge in [0, 0.05) is 38.9 Å². The lowest BCUT2D eigenvalue weighted by atomic mass is 10.2. The van der Waals surface area contributed by atoms with E-state index in [1.54, 1.807) is 19.2 Å². The highest BCUT2D eigenvalue weighted by Gasteiger charge is 2.17. The minimum Gasteiger partial charge on any atom is -0.489 e. The van der Waals surface area contributed by atoms with E-state index < -0.39 is 0 Å². The Labute approximate surface area is 183 Å². The highest BCUT2D eigenvalue weighted by Crippen LogP contribution is 2.16. The topological polar surface area (TPSA) is 71.0 Å². The second-order valence-corrected chi connectivity index (χ2v) is 7.56. The number of halogens is 1. The molecule has 0 amide bonds. The summed E-state index contributed by atoms with van der Waals surface area (Å²) in [7, 11) is 1.73. The fourth-order valence-electron chi connectivity index (χ4n) is 3.35. The van der Waals surface area contributed by atoms with Crippen LogP contribution in [0.1, 0.15) is 25.8 Å². The van der Waals surface area contributed by atoms with Crippen molar-refractivity contribution in [2.24, 2.45) is 4.99 Å². The quantitative estimate of drug-likeness (QED) is 0.497. The fourth-order valence-corrected chi connectivity index (χ4v) is 3.35. The molecule has 0 saturated carbocycles. The van der Waals surface area contributed by atoms with Crippen molar-refractivity contribution in [3.8, 4) is 5.75 Å². The number of anilines is 1. The molecule has 7 nitrogen and oxygen atoms in total. The van der Waals surface area contributed by atoms with Crippen LogP contribution < -0.4 is 20.3 Å². The maximum absolute atomic E-state index is 13.4. The SMILES string of the molecule is CCC(CNC(=NC)NCc1ccc(N2CCOC(C)C2)nc1)Oc1cccc(F)c1. The van der Waals surface area contributed by atoms with Gasteiger partial charge in [-0.3, -0.25) is 4.99 Å². The predicted octanol–water partition coefficient (Wildman–Crippen LogP) is 2.97. The number of rotatable bonds is 8. The van der Waals surface area contributed by atoms with E-state index >= 15 is 0 Å². The molecule has 3 rings (SSSR count). The van der Waals surface area contributed by atoms with Crippen LogP contribution in [0.15, 0.2) is 47.6 Å². The van der Waals surface area contributed by atoms with Gasteiger partial charge in [-0.2, -0.15) is 0 Å². The second kappa shape index (κ2) is 11.5. The summed E-state index contributed by atoms with van der Waals surface area (Å²) in [4.78, 5) is 11.1. The molecule has 2 heterocycles. The first kappa shape index (κ1) is 22.8. The summed E-state index contributed by atoms with van der Waals surface area (Å²) < 4.78 is 24.8. The van der Waals surface area contributed by atoms with Gasteiger partial charge in [0.05, 0.1) is 19.3 Å². The number of aliphatic imine (C=N–C) groups is 1. The van der Waals surface area contributed by atoms with Gasteiger partial charge in [-0.25, -0.2) is 9.37 Å². The fraction of sp³-hybridized carbons (Fsp3) is 0.478. The lowest BCUT2D eigenvalue weighted by Crippen LogP contribution is -2.42. The normalized spacial score (nSPS) is 17.9. The number of hydrogen-bond acceptors (Lipinski definition) is 5. The molecule has 168 valence electrons. The summed E-state index contributed by atoms with van der Waals surface area (Å²) in [6.45, 7) is 7.72. The van der Waals surface area contributed by atoms with Crippen molar-refractivity contribution in [2.45, 2.75) is 39.0 Å². The van der Waals surface area contributed by atoms with E-state index in [0.717, 1.165) is 37.5 Å². The first-order valence-corrected chi connectivity index (χ1v) is 10.8. The molecule has 1 aromatic carbocycles. The largest absolute Gasteiger partial charge is 0.489 e. The zero-order valence-corrected chi connectivity index (χ0v) is 18.5. The zero-order valence-electron chi connectivity index (χ0n) is 18.5. The van der Waals surface area contributed by atoms with Gasteiger partial charge in [0.2, 0.25) is 0 Å². The molecule has 0 radical (unpaired) electrons. The Kier molecular flexibility index (Phi) is 8.46. The molecule has 2 unspecified atom stereocenters. The number of nitrogens with one attached hydrogen (secondary N) is 2. The maximum atomic E-state index is 13.4. The van der Waals surface area contributed by atoms with E-state index in [4.69, 9.17) is 9.47 Å². The minimum absolute atomic E-state index is 0.0998. The van der Waals surface area contributed by atoms with E-state index in [1.807, 2.05) is 19.2 Å². The molecule has 1 aromatic heterocycles. The maximum Gasteiger partial charge on any atom is 0.191 e. The van der Waals surface area contributed by atoms with Crippen molar-refractivity contribution in [2.75, 3.05) is 38.2 Å². The molecule has 2 N–H and O–H groups in total. The molecule has 2 atom stereocenters. The number of pyridine rings is 1. The van der Waals surface area contributed by atoms with Gasteiger partial charge in [-0.15, -0.1) is 0 Å². The van der Waals surface area contributed by atoms with Gasteiger partial charge in [0.15, 0.2) is 5.96 Å². The van der Waals surface area contributed by atoms with Gasteiger partial charge in [-0.05, 0) is 37.1 Å². The minimum atomic E-state index is -0.305. The summed E-state index contributed by atoms with van der Waals surface area (Å²) in [5.41, 5.74) is 1.07. The van der Waals surface area contributed by atoms with E-state index in [9.17, 15) is 4.39 Å². The third kappa shape index (κ3) is 7.10. The lowest BCUT2D eigenvalue weighted by molar-refractivity contribution is 0.0529. The van der Waals surface area contributed by atoms with Crippen LogP contribution in [0.2, 0.25) is 0 Å². The number of nitrogens with zero attached hydrogens (tertiary/aromatic N) is 3. The monoisotopic (exact) mass is 429 g/mol. The molecule has 1 aliphatic rings. The van der Waals surface area contributed by atoms with Crippen LogP contribution in [0.4, 0.5) is 10.2 Å². The first-order valence-electron chi connectivity index (χ1n) is 10.8. The third-order valence-electron chi connectivity index (χ3n) is 5.11. The number of morpholine rings is 1. The van der Waals surface area contributed by atoms with Crippen molar-refractivity contribution in [1.29, 1.82) is 0 Å². The molecule has 31 heavy (non-hydrogen) atoms. The molecule has 1 saturated heterocycles. The van der Waals surface area contributed by atoms with Gasteiger partial charge in [-0.1, -0.05) is 19.1 Å². The van der Waals surface area contributed by atoms with Crippen LogP contribution in [0, 0.1) is 5.82 Å². The second-order valence-electron chi connectivity index (χ2n) is 7.56. The molecule has 0 aliphatic carbocycles. The number of guanidine groups is 1. The summed E-state index contributed by atoms with van der Waals surface area (Å²) in [5, 5.41) is 6.57. The van der Waals surface area contributed by atoms with Gasteiger partial charge in [0.1, 0.15) is 23.5 Å². The Bertz CT molecular complexity index is 846. The van der Waals surface area contributed by atoms with Gasteiger partial charge in [0.25, 0.3) is 0 Å². The summed E-state index contributed by atoms with van der Waals surface area (Å²) >= 11 is 0. The molecule has 0 spiro atoms. The summed E-state index contributed by atoms with van der Waals surface area (Å²) in [5.74, 6) is 1.87. The van der Waals surface area contributed by atoms with E-state index in [-0.39, 0.29) is 18.0 Å². The van der Waals surface area contributed by atoms with Crippen LogP contribution in [-0.4, -0.2) is 56.4 Å². The van der Waals surface area contributed by atoms with Crippen molar-refractivity contribution < 1.29 is 13.9 Å². The molecular formula is C23H32FN5O2. The molecule has 1 aliphatic heterocycles. The number of aromatic nitrogens is 1. The Hall–Kier alpha value is -2.87. The molecule has 0 bridgehead atoms. The lowest BCUT2D eigenvalue weighted by Gasteiger charge is -2.32. The third-order valence-corrected chi connectivity index (χ3v) is 5.11. The van der Waals surface area contributed by atoms with Crippen molar-refractivity contribution in [1.82, 2.24) is 15.6 Å². The molecule has 2 aromatic rings. The Balaban J connectivity index is 1.46. The van der Waals surface area contributed by atoms with Crippen LogP contribution >= 0.6 is 0 Å². The van der Waals surface area contributed by atoms with Gasteiger partial charge < -0.3 is 25.0 Å². The van der Waals surface area contributed by atoms with Crippen LogP contribution in [-0.2, 0) is 11.3 Å². The van der Waals surface area contributed by atoms with Gasteiger partial charge >= 0.3 is 0 Å². The van der Waals surface area contributed by atoms with Crippen molar-refractivity contribution >= 4 is 11.8 Å². The summed E-state index contributed by atoms with van der Waals surface area (Å²) in [6, 6.07) is 10.3. The predicted molar refractivity (Wildman–Crippen MR) is 121 cm³/mol. The number of ether oxygens (including phenoxy) is 2. The first-order chi connectivity index (χ1) is 15.1. The van der Waals surface area contributed by atoms with Crippen LogP contribution in [0.5, 0.6) is 5.75 Å². The number of hydrogen-bond donors (Lipinski definition) is 2. The van der Waals surface area contributed by atoms with Crippen molar-refractivity contribution in [3.63, 3.8) is 0 Å². The Morgan fingerprint density at radius 1 is 1.35 bits per heavy atom. The summed E-state index contributed by atoms with van der Waals surface area (Å²) in [6.07, 6.45) is 2.80. The van der Waals surface area contributed by atoms with Crippen LogP contribution in [0.3, 0.4) is 0 Å². The highest BCUT2D eigenvalue weighted by atomic mass is 19.1. The zero-order chi connectivity index (χ0) is 22.1. The van der Waals surface area contributed by atoms with Crippen LogP contribution in [0.25, 0.3) is 0 Å². The standard InChI is InChI=1S/C23H32FN5O2/c1-4-20(31-21-7-5-6-19(24)12-21)15-28-23(25-3)27-14-18-8-9-22(26-13-18)29-10-11-30-17(2)16-29/h5-9,12-13,17,20H,4,10-11,14-16H2,1-3H3,(H2,25,27,28). The average Bonchev–Trinajstić information content (AvgIpc) is 2.78. The average molecular weight is 430 g/mol. The highest BCUT2D eigenvalue weighted by molar-refractivity contribution is 5.79. The van der Waals surface area contributed by atoms with E-state index in [0.29, 0.717) is 24.8 Å². The smallest absolute Gasteiger partial charge is 0.191 e. The molecule has 1 fully saturated rings. The molecular weight excluding hydrogens is 397 g/mol. The number of benzene rings is 1. The molecule has 8 heteroatoms. The Morgan fingerprint density at radius 2 is 2.23 bits per heavy atom. The van der Waals surface area contributed by atoms with E-state index in [2.05, 4.69) is 38.5 Å².